The number of ether oxygens (including phenoxy) is 1. The number of hydrogen-bond acceptors (Lipinski definition) is 5. The Morgan fingerprint density at radius 2 is 2.14 bits per heavy atom. The van der Waals surface area contributed by atoms with Gasteiger partial charge in [-0.25, -0.2) is 4.68 Å². The van der Waals surface area contributed by atoms with Gasteiger partial charge in [0.15, 0.2) is 0 Å². The molecule has 0 spiro atoms. The zero-order valence-electron chi connectivity index (χ0n) is 12.8. The number of hydrogen-bond donors (Lipinski definition) is 1. The quantitative estimate of drug-likeness (QED) is 0.905. The Bertz CT molecular complexity index is 598. The van der Waals surface area contributed by atoms with Gasteiger partial charge in [-0.15, -0.1) is 0 Å². The number of nitrogens with zero attached hydrogens (tertiary/aromatic N) is 2. The van der Waals surface area contributed by atoms with Crippen LogP contribution in [0.15, 0.2) is 10.9 Å². The zero-order chi connectivity index (χ0) is 14.9. The number of nitrogens with one attached hydrogen (secondary N) is 1. The molecule has 4 rings (SSSR count). The average molecular weight is 321 g/mol. The van der Waals surface area contributed by atoms with Crippen molar-refractivity contribution in [3.8, 4) is 0 Å². The third-order valence-electron chi connectivity index (χ3n) is 5.02. The number of thioether (sulfide) groups is 1. The van der Waals surface area contributed by atoms with Crippen LogP contribution in [0.25, 0.3) is 0 Å². The van der Waals surface area contributed by atoms with Crippen molar-refractivity contribution >= 4 is 11.8 Å². The van der Waals surface area contributed by atoms with Crippen LogP contribution >= 0.6 is 11.8 Å². The van der Waals surface area contributed by atoms with Gasteiger partial charge in [-0.1, -0.05) is 0 Å². The molecule has 0 saturated carbocycles. The molecule has 0 aromatic carbocycles. The summed E-state index contributed by atoms with van der Waals surface area (Å²) in [6.07, 6.45) is 5.54. The second-order valence-corrected chi connectivity index (χ2v) is 7.74. The Hall–Kier alpha value is -0.850. The zero-order valence-corrected chi connectivity index (χ0v) is 13.6. The van der Waals surface area contributed by atoms with E-state index in [2.05, 4.69) is 10.4 Å². The minimum absolute atomic E-state index is 0.0298. The van der Waals surface area contributed by atoms with Gasteiger partial charge >= 0.3 is 0 Å². The first-order chi connectivity index (χ1) is 10.8. The van der Waals surface area contributed by atoms with Gasteiger partial charge in [-0.05, 0) is 49.2 Å². The van der Waals surface area contributed by atoms with E-state index in [0.29, 0.717) is 19.3 Å². The third-order valence-corrected chi connectivity index (χ3v) is 6.07. The van der Waals surface area contributed by atoms with E-state index < -0.39 is 0 Å². The third kappa shape index (κ3) is 2.84. The summed E-state index contributed by atoms with van der Waals surface area (Å²) in [7, 11) is 0. The van der Waals surface area contributed by atoms with Gasteiger partial charge < -0.3 is 10.1 Å². The normalized spacial score (nSPS) is 28.9. The van der Waals surface area contributed by atoms with E-state index in [1.54, 1.807) is 10.7 Å². The largest absolute Gasteiger partial charge is 0.377 e. The molecule has 1 N–H and O–H groups in total. The summed E-state index contributed by atoms with van der Waals surface area (Å²) in [5.74, 6) is 2.46. The molecule has 1 aliphatic carbocycles. The molecular formula is C16H23N3O2S. The fourth-order valence-corrected chi connectivity index (χ4v) is 4.87. The number of aryl methyl sites for hydroxylation is 2. The molecule has 2 saturated heterocycles. The molecule has 0 bridgehead atoms. The van der Waals surface area contributed by atoms with E-state index >= 15 is 0 Å². The van der Waals surface area contributed by atoms with Crippen LogP contribution in [0.4, 0.5) is 0 Å². The van der Waals surface area contributed by atoms with Crippen LogP contribution in [0.1, 0.15) is 36.6 Å². The Labute approximate surface area is 134 Å². The van der Waals surface area contributed by atoms with Gasteiger partial charge in [0.05, 0.1) is 31.0 Å². The fraction of sp³-hybridized carbons (Fsp3) is 0.750. The minimum Gasteiger partial charge on any atom is -0.377 e. The average Bonchev–Trinajstić information content (AvgIpc) is 3.16. The van der Waals surface area contributed by atoms with Crippen LogP contribution in [0, 0.1) is 0 Å². The van der Waals surface area contributed by atoms with E-state index in [4.69, 9.17) is 4.74 Å². The Kier molecular flexibility index (Phi) is 4.24. The Morgan fingerprint density at radius 1 is 1.27 bits per heavy atom. The highest BCUT2D eigenvalue weighted by Gasteiger charge is 2.33. The highest BCUT2D eigenvalue weighted by Crippen LogP contribution is 2.24. The molecule has 120 valence electrons. The molecule has 0 amide bonds. The molecule has 1 aromatic heterocycles. The molecule has 2 fully saturated rings. The first kappa shape index (κ1) is 14.7. The minimum atomic E-state index is 0.0298. The van der Waals surface area contributed by atoms with Gasteiger partial charge in [0.2, 0.25) is 0 Å². The first-order valence-corrected chi connectivity index (χ1v) is 9.50. The molecule has 3 heterocycles. The van der Waals surface area contributed by atoms with Gasteiger partial charge in [0, 0.05) is 12.1 Å². The first-order valence-electron chi connectivity index (χ1n) is 8.34. The van der Waals surface area contributed by atoms with Crippen molar-refractivity contribution in [2.45, 2.75) is 50.2 Å². The van der Waals surface area contributed by atoms with Crippen LogP contribution in [-0.2, 0) is 17.6 Å². The summed E-state index contributed by atoms with van der Waals surface area (Å²) in [4.78, 5) is 12.4. The van der Waals surface area contributed by atoms with Crippen LogP contribution in [0.2, 0.25) is 0 Å². The summed E-state index contributed by atoms with van der Waals surface area (Å²) in [5, 5.41) is 8.38. The SMILES string of the molecule is O=c1cc2c(nn1C1COCC1NC1CCSCC1)CCC2. The lowest BCUT2D eigenvalue weighted by Crippen LogP contribution is -2.47. The second kappa shape index (κ2) is 6.34. The predicted molar refractivity (Wildman–Crippen MR) is 87.6 cm³/mol. The lowest BCUT2D eigenvalue weighted by Gasteiger charge is -2.28. The summed E-state index contributed by atoms with van der Waals surface area (Å²) in [6, 6.07) is 2.59. The maximum Gasteiger partial charge on any atom is 0.267 e. The summed E-state index contributed by atoms with van der Waals surface area (Å²) in [5.41, 5.74) is 2.29. The van der Waals surface area contributed by atoms with Crippen LogP contribution in [-0.4, -0.2) is 46.6 Å². The van der Waals surface area contributed by atoms with E-state index in [1.807, 2.05) is 11.8 Å². The van der Waals surface area contributed by atoms with E-state index in [0.717, 1.165) is 30.5 Å². The molecular weight excluding hydrogens is 298 g/mol. The van der Waals surface area contributed by atoms with Crippen LogP contribution in [0.5, 0.6) is 0 Å². The maximum absolute atomic E-state index is 12.4. The van der Waals surface area contributed by atoms with E-state index in [9.17, 15) is 4.79 Å². The van der Waals surface area contributed by atoms with Crippen molar-refractivity contribution in [3.63, 3.8) is 0 Å². The molecule has 5 nitrogen and oxygen atoms in total. The fourth-order valence-electron chi connectivity index (χ4n) is 3.76. The van der Waals surface area contributed by atoms with Crippen molar-refractivity contribution in [2.24, 2.45) is 0 Å². The number of rotatable bonds is 3. The van der Waals surface area contributed by atoms with Crippen molar-refractivity contribution in [3.05, 3.63) is 27.7 Å². The van der Waals surface area contributed by atoms with E-state index in [-0.39, 0.29) is 17.6 Å². The lowest BCUT2D eigenvalue weighted by atomic mass is 10.1. The second-order valence-electron chi connectivity index (χ2n) is 6.52. The van der Waals surface area contributed by atoms with Crippen molar-refractivity contribution < 1.29 is 4.74 Å². The van der Waals surface area contributed by atoms with Gasteiger partial charge in [-0.2, -0.15) is 16.9 Å². The predicted octanol–water partition coefficient (Wildman–Crippen LogP) is 1.16. The molecule has 2 aliphatic heterocycles. The number of fused-ring (bicyclic) bond motifs is 1. The summed E-state index contributed by atoms with van der Waals surface area (Å²) in [6.45, 7) is 1.27. The maximum atomic E-state index is 12.4. The Balaban J connectivity index is 1.54. The molecule has 1 aromatic rings. The van der Waals surface area contributed by atoms with E-state index in [1.165, 1.54) is 24.3 Å². The summed E-state index contributed by atoms with van der Waals surface area (Å²) >= 11 is 2.03. The smallest absolute Gasteiger partial charge is 0.267 e. The molecule has 3 aliphatic rings. The summed E-state index contributed by atoms with van der Waals surface area (Å²) < 4.78 is 7.36. The van der Waals surface area contributed by atoms with Gasteiger partial charge in [0.25, 0.3) is 5.56 Å². The lowest BCUT2D eigenvalue weighted by molar-refractivity contribution is 0.179. The molecule has 2 unspecified atom stereocenters. The van der Waals surface area contributed by atoms with Crippen molar-refractivity contribution in [1.82, 2.24) is 15.1 Å². The van der Waals surface area contributed by atoms with Gasteiger partial charge in [-0.3, -0.25) is 4.79 Å². The van der Waals surface area contributed by atoms with Gasteiger partial charge in [0.1, 0.15) is 0 Å². The number of aromatic nitrogens is 2. The Morgan fingerprint density at radius 3 is 3.00 bits per heavy atom. The van der Waals surface area contributed by atoms with Crippen LogP contribution in [0.3, 0.4) is 0 Å². The molecule has 2 atom stereocenters. The topological polar surface area (TPSA) is 56.2 Å². The molecule has 0 radical (unpaired) electrons. The van der Waals surface area contributed by atoms with Crippen molar-refractivity contribution in [1.29, 1.82) is 0 Å². The standard InChI is InChI=1S/C16H23N3O2S/c20-16-8-11-2-1-3-13(11)18-19(16)15-10-21-9-14(15)17-12-4-6-22-7-5-12/h8,12,14-15,17H,1-7,9-10H2. The van der Waals surface area contributed by atoms with Crippen molar-refractivity contribution in [2.75, 3.05) is 24.7 Å². The monoisotopic (exact) mass is 321 g/mol. The van der Waals surface area contributed by atoms with Crippen LogP contribution < -0.4 is 10.9 Å². The molecule has 22 heavy (non-hydrogen) atoms. The molecule has 6 heteroatoms. The highest BCUT2D eigenvalue weighted by molar-refractivity contribution is 7.99. The highest BCUT2D eigenvalue weighted by atomic mass is 32.2.